The van der Waals surface area contributed by atoms with E-state index < -0.39 is 0 Å². The first-order valence-corrected chi connectivity index (χ1v) is 12.6. The fraction of sp³-hybridized carbons (Fsp3) is 0.519. The van der Waals surface area contributed by atoms with Gasteiger partial charge in [0.15, 0.2) is 6.29 Å². The van der Waals surface area contributed by atoms with E-state index in [9.17, 15) is 4.79 Å². The summed E-state index contributed by atoms with van der Waals surface area (Å²) in [7, 11) is 0. The van der Waals surface area contributed by atoms with Crippen LogP contribution in [-0.4, -0.2) is 81.0 Å². The van der Waals surface area contributed by atoms with Crippen molar-refractivity contribution >= 4 is 17.3 Å². The van der Waals surface area contributed by atoms with E-state index in [1.807, 2.05) is 12.1 Å². The van der Waals surface area contributed by atoms with Crippen LogP contribution >= 0.6 is 0 Å². The number of nitrogens with zero attached hydrogens (tertiary/aromatic N) is 3. The smallest absolute Gasteiger partial charge is 0.238 e. The zero-order valence-corrected chi connectivity index (χ0v) is 19.9. The Hall–Kier alpha value is -2.45. The monoisotopic (exact) mass is 464 g/mol. The van der Waals surface area contributed by atoms with Crippen molar-refractivity contribution < 1.29 is 14.3 Å². The molecule has 1 amide bonds. The van der Waals surface area contributed by atoms with Crippen molar-refractivity contribution in [2.24, 2.45) is 5.92 Å². The number of hydrogen-bond acceptors (Lipinski definition) is 6. The molecule has 34 heavy (non-hydrogen) atoms. The zero-order chi connectivity index (χ0) is 23.2. The molecule has 0 radical (unpaired) electrons. The SMILES string of the molecule is O=C(CN1CCC(C2OCCO2)CC1)Nc1ccc(N2CCN(Cc3ccccc3)CC2)cc1. The summed E-state index contributed by atoms with van der Waals surface area (Å²) in [4.78, 5) is 19.7. The fourth-order valence-corrected chi connectivity index (χ4v) is 5.20. The number of carbonyl (C=O) groups excluding carboxylic acids is 1. The summed E-state index contributed by atoms with van der Waals surface area (Å²) in [5, 5.41) is 3.06. The second-order valence-corrected chi connectivity index (χ2v) is 9.57. The molecule has 0 aliphatic carbocycles. The molecule has 3 saturated heterocycles. The van der Waals surface area contributed by atoms with Crippen molar-refractivity contribution in [1.29, 1.82) is 0 Å². The van der Waals surface area contributed by atoms with E-state index in [1.165, 1.54) is 11.3 Å². The number of ether oxygens (including phenoxy) is 2. The first-order valence-electron chi connectivity index (χ1n) is 12.6. The summed E-state index contributed by atoms with van der Waals surface area (Å²) in [5.41, 5.74) is 3.45. The number of piperazine rings is 1. The highest BCUT2D eigenvalue weighted by atomic mass is 16.7. The van der Waals surface area contributed by atoms with Crippen LogP contribution in [0.25, 0.3) is 0 Å². The summed E-state index contributed by atoms with van der Waals surface area (Å²) >= 11 is 0. The minimum atomic E-state index is -0.0404. The van der Waals surface area contributed by atoms with Crippen LogP contribution in [0.5, 0.6) is 0 Å². The first-order chi connectivity index (χ1) is 16.7. The Morgan fingerprint density at radius 1 is 0.824 bits per heavy atom. The van der Waals surface area contributed by atoms with E-state index in [2.05, 4.69) is 62.5 Å². The molecule has 7 nitrogen and oxygen atoms in total. The largest absolute Gasteiger partial charge is 0.369 e. The molecule has 2 aromatic carbocycles. The van der Waals surface area contributed by atoms with Gasteiger partial charge in [-0.15, -0.1) is 0 Å². The number of benzene rings is 2. The molecule has 0 aromatic heterocycles. The van der Waals surface area contributed by atoms with E-state index in [-0.39, 0.29) is 12.2 Å². The predicted octanol–water partition coefficient (Wildman–Crippen LogP) is 3.03. The highest BCUT2D eigenvalue weighted by Crippen LogP contribution is 2.26. The van der Waals surface area contributed by atoms with Crippen molar-refractivity contribution in [3.05, 3.63) is 60.2 Å². The van der Waals surface area contributed by atoms with E-state index >= 15 is 0 Å². The predicted molar refractivity (Wildman–Crippen MR) is 134 cm³/mol. The van der Waals surface area contributed by atoms with Crippen molar-refractivity contribution in [2.45, 2.75) is 25.7 Å². The second kappa shape index (κ2) is 11.3. The van der Waals surface area contributed by atoms with Crippen LogP contribution in [-0.2, 0) is 20.8 Å². The van der Waals surface area contributed by atoms with Gasteiger partial charge >= 0.3 is 0 Å². The van der Waals surface area contributed by atoms with Crippen LogP contribution in [0, 0.1) is 5.92 Å². The summed E-state index contributed by atoms with van der Waals surface area (Å²) < 4.78 is 11.3. The normalized spacial score (nSPS) is 21.1. The van der Waals surface area contributed by atoms with Gasteiger partial charge in [-0.25, -0.2) is 0 Å². The molecule has 3 aliphatic rings. The van der Waals surface area contributed by atoms with Gasteiger partial charge in [0.25, 0.3) is 0 Å². The fourth-order valence-electron chi connectivity index (χ4n) is 5.20. The van der Waals surface area contributed by atoms with Gasteiger partial charge in [0.05, 0.1) is 19.8 Å². The second-order valence-electron chi connectivity index (χ2n) is 9.57. The molecule has 7 heteroatoms. The Morgan fingerprint density at radius 2 is 1.50 bits per heavy atom. The van der Waals surface area contributed by atoms with Crippen LogP contribution in [0.4, 0.5) is 11.4 Å². The van der Waals surface area contributed by atoms with Gasteiger partial charge < -0.3 is 19.7 Å². The lowest BCUT2D eigenvalue weighted by molar-refractivity contribution is -0.119. The van der Waals surface area contributed by atoms with Crippen molar-refractivity contribution in [3.8, 4) is 0 Å². The van der Waals surface area contributed by atoms with E-state index in [1.54, 1.807) is 0 Å². The number of likely N-dealkylation sites (tertiary alicyclic amines) is 1. The third-order valence-corrected chi connectivity index (χ3v) is 7.17. The van der Waals surface area contributed by atoms with Gasteiger partial charge in [0.1, 0.15) is 0 Å². The number of nitrogens with one attached hydrogen (secondary N) is 1. The molecule has 5 rings (SSSR count). The number of piperidine rings is 1. The number of hydrogen-bond donors (Lipinski definition) is 1. The molecule has 3 heterocycles. The molecule has 0 spiro atoms. The van der Waals surface area contributed by atoms with Gasteiger partial charge in [-0.3, -0.25) is 14.6 Å². The molecule has 3 fully saturated rings. The highest BCUT2D eigenvalue weighted by Gasteiger charge is 2.30. The summed E-state index contributed by atoms with van der Waals surface area (Å²) in [6.45, 7) is 8.84. The van der Waals surface area contributed by atoms with E-state index in [4.69, 9.17) is 9.47 Å². The third kappa shape index (κ3) is 6.16. The van der Waals surface area contributed by atoms with Gasteiger partial charge in [0.2, 0.25) is 5.91 Å². The molecule has 2 aromatic rings. The Morgan fingerprint density at radius 3 is 2.18 bits per heavy atom. The van der Waals surface area contributed by atoms with Crippen molar-refractivity contribution in [2.75, 3.05) is 69.2 Å². The van der Waals surface area contributed by atoms with Crippen molar-refractivity contribution in [3.63, 3.8) is 0 Å². The van der Waals surface area contributed by atoms with Crippen LogP contribution < -0.4 is 10.2 Å². The highest BCUT2D eigenvalue weighted by molar-refractivity contribution is 5.92. The van der Waals surface area contributed by atoms with E-state index in [0.29, 0.717) is 25.7 Å². The number of carbonyl (C=O) groups is 1. The lowest BCUT2D eigenvalue weighted by atomic mass is 9.96. The number of amides is 1. The van der Waals surface area contributed by atoms with Gasteiger partial charge in [-0.2, -0.15) is 0 Å². The Labute approximate surface area is 202 Å². The van der Waals surface area contributed by atoms with Crippen LogP contribution in [0.1, 0.15) is 18.4 Å². The average molecular weight is 465 g/mol. The number of rotatable bonds is 7. The molecular formula is C27H36N4O3. The van der Waals surface area contributed by atoms with Gasteiger partial charge in [0, 0.05) is 50.0 Å². The molecule has 182 valence electrons. The third-order valence-electron chi connectivity index (χ3n) is 7.17. The Kier molecular flexibility index (Phi) is 7.76. The quantitative estimate of drug-likeness (QED) is 0.680. The minimum absolute atomic E-state index is 0.0404. The lowest BCUT2D eigenvalue weighted by Gasteiger charge is -2.36. The van der Waals surface area contributed by atoms with Crippen LogP contribution in [0.2, 0.25) is 0 Å². The standard InChI is InChI=1S/C27H36N4O3/c32-26(21-29-12-10-23(11-13-29)27-33-18-19-34-27)28-24-6-8-25(9-7-24)31-16-14-30(15-17-31)20-22-4-2-1-3-5-22/h1-9,23,27H,10-21H2,(H,28,32). The molecule has 0 bridgehead atoms. The lowest BCUT2D eigenvalue weighted by Crippen LogP contribution is -2.45. The molecular weight excluding hydrogens is 428 g/mol. The molecule has 3 aliphatic heterocycles. The zero-order valence-electron chi connectivity index (χ0n) is 19.9. The maximum Gasteiger partial charge on any atom is 0.238 e. The minimum Gasteiger partial charge on any atom is -0.369 e. The summed E-state index contributed by atoms with van der Waals surface area (Å²) in [6.07, 6.45) is 2.00. The maximum atomic E-state index is 12.6. The Bertz CT molecular complexity index is 901. The van der Waals surface area contributed by atoms with Gasteiger partial charge in [-0.05, 0) is 55.8 Å². The first kappa shape index (κ1) is 23.3. The topological polar surface area (TPSA) is 57.3 Å². The molecule has 0 atom stereocenters. The van der Waals surface area contributed by atoms with Crippen LogP contribution in [0.3, 0.4) is 0 Å². The summed E-state index contributed by atoms with van der Waals surface area (Å²) in [6, 6.07) is 19.0. The molecule has 0 unspecified atom stereocenters. The Balaban J connectivity index is 1.03. The average Bonchev–Trinajstić information content (AvgIpc) is 3.41. The number of anilines is 2. The maximum absolute atomic E-state index is 12.6. The van der Waals surface area contributed by atoms with Crippen molar-refractivity contribution in [1.82, 2.24) is 9.80 Å². The summed E-state index contributed by atoms with van der Waals surface area (Å²) in [5.74, 6) is 0.503. The van der Waals surface area contributed by atoms with E-state index in [0.717, 1.165) is 64.3 Å². The van der Waals surface area contributed by atoms with Crippen LogP contribution in [0.15, 0.2) is 54.6 Å². The molecule has 0 saturated carbocycles. The van der Waals surface area contributed by atoms with Gasteiger partial charge in [-0.1, -0.05) is 30.3 Å². The molecule has 1 N–H and O–H groups in total.